The van der Waals surface area contributed by atoms with E-state index in [2.05, 4.69) is 36.9 Å². The Hall–Kier alpha value is -9.70. The number of unbranched alkanes of at least 4 members (excludes halogenated alkanes) is 14. The van der Waals surface area contributed by atoms with Crippen LogP contribution in [0.15, 0.2) is 65.3 Å². The van der Waals surface area contributed by atoms with Crippen molar-refractivity contribution in [2.24, 2.45) is 22.6 Å². The number of carbonyl (C=O) groups is 15. The predicted molar refractivity (Wildman–Crippen MR) is 484 cm³/mol. The van der Waals surface area contributed by atoms with Gasteiger partial charge in [-0.15, -0.1) is 0 Å². The number of carboxylic acids is 4. The Morgan fingerprint density at radius 2 is 0.809 bits per heavy atom. The maximum Gasteiger partial charge on any atom is 0.335 e. The minimum atomic E-state index is -1.20. The molecular weight excluding hydrogens is 1710 g/mol. The first-order valence-corrected chi connectivity index (χ1v) is 46.4. The number of carbonyl (C=O) groups excluding carboxylic acids is 11. The number of nitrogens with zero attached hydrogens (tertiary/aromatic N) is 1. The predicted octanol–water partition coefficient (Wildman–Crippen LogP) is 8.37. The number of aliphatic carboxylic acids is 2. The zero-order chi connectivity index (χ0) is 95.5. The molecule has 3 rings (SSSR count). The van der Waals surface area contributed by atoms with Gasteiger partial charge in [-0.2, -0.15) is 0 Å². The van der Waals surface area contributed by atoms with E-state index in [1.807, 2.05) is 0 Å². The second-order valence-electron chi connectivity index (χ2n) is 32.3. The van der Waals surface area contributed by atoms with E-state index in [9.17, 15) is 82.1 Å². The van der Waals surface area contributed by atoms with Crippen molar-refractivity contribution in [3.8, 4) is 11.5 Å². The number of benzene rings is 2. The highest BCUT2D eigenvalue weighted by atomic mass is 16.5. The lowest BCUT2D eigenvalue weighted by atomic mass is 9.90. The van der Waals surface area contributed by atoms with E-state index in [0.29, 0.717) is 128 Å². The maximum absolute atomic E-state index is 13.8. The van der Waals surface area contributed by atoms with Crippen molar-refractivity contribution in [1.29, 1.82) is 0 Å². The van der Waals surface area contributed by atoms with Crippen molar-refractivity contribution in [3.63, 3.8) is 0 Å². The van der Waals surface area contributed by atoms with Gasteiger partial charge in [0.1, 0.15) is 67.1 Å². The van der Waals surface area contributed by atoms with Gasteiger partial charge in [-0.1, -0.05) is 70.6 Å². The molecule has 2 aromatic rings. The van der Waals surface area contributed by atoms with E-state index in [1.54, 1.807) is 36.7 Å². The van der Waals surface area contributed by atoms with Gasteiger partial charge in [0.15, 0.2) is 11.6 Å². The molecule has 1 aliphatic heterocycles. The molecule has 1 heterocycles. The summed E-state index contributed by atoms with van der Waals surface area (Å²) in [5, 5.41) is 53.9. The van der Waals surface area contributed by atoms with Gasteiger partial charge in [0.2, 0.25) is 29.5 Å². The van der Waals surface area contributed by atoms with Crippen LogP contribution in [0.1, 0.15) is 252 Å². The van der Waals surface area contributed by atoms with E-state index >= 15 is 0 Å². The molecule has 0 spiro atoms. The molecule has 1 aliphatic rings. The Morgan fingerprint density at radius 3 is 1.30 bits per heavy atom. The van der Waals surface area contributed by atoms with Gasteiger partial charge >= 0.3 is 23.9 Å². The average Bonchev–Trinajstić information content (AvgIpc) is 1.69. The van der Waals surface area contributed by atoms with Crippen LogP contribution >= 0.6 is 0 Å². The summed E-state index contributed by atoms with van der Waals surface area (Å²) in [6.07, 6.45) is 22.0. The Labute approximate surface area is 769 Å². The molecule has 0 fully saturated rings. The van der Waals surface area contributed by atoms with Crippen LogP contribution < -0.4 is 47.1 Å². The number of hydrogen-bond donors (Lipinski definition) is 11. The number of rotatable bonds is 90. The minimum absolute atomic E-state index is 0.00802. The quantitative estimate of drug-likeness (QED) is 0.0277. The van der Waals surface area contributed by atoms with Crippen LogP contribution in [0.5, 0.6) is 11.5 Å². The number of amides is 5. The molecule has 37 heteroatoms. The molecule has 37 nitrogen and oxygen atoms in total. The molecule has 0 aliphatic carbocycles. The van der Waals surface area contributed by atoms with Crippen LogP contribution in [-0.2, 0) is 100 Å². The number of ketones is 6. The molecule has 0 unspecified atom stereocenters. The summed E-state index contributed by atoms with van der Waals surface area (Å²) in [4.78, 5) is 189. The lowest BCUT2D eigenvalue weighted by molar-refractivity contribution is -0.144. The molecule has 0 bridgehead atoms. The molecule has 12 N–H and O–H groups in total. The number of aliphatic imine (C=N–C) groups is 1. The fourth-order valence-electron chi connectivity index (χ4n) is 13.6. The van der Waals surface area contributed by atoms with Crippen molar-refractivity contribution < 1.29 is 140 Å². The molecule has 0 aromatic heterocycles. The number of hydrogen-bond acceptors (Lipinski definition) is 28. The molecule has 5 atom stereocenters. The summed E-state index contributed by atoms with van der Waals surface area (Å²) in [6.45, 7) is 4.93. The first-order chi connectivity index (χ1) is 63.3. The monoisotopic (exact) mass is 1850 g/mol. The third-order valence-corrected chi connectivity index (χ3v) is 21.2. The zero-order valence-electron chi connectivity index (χ0n) is 76.7. The number of aromatic carboxylic acids is 2. The molecule has 736 valence electrons. The van der Waals surface area contributed by atoms with Crippen LogP contribution in [0, 0.1) is 11.8 Å². The molecule has 0 radical (unpaired) electrons. The maximum atomic E-state index is 13.8. The highest BCUT2D eigenvalue weighted by molar-refractivity contribution is 5.90. The number of nitrogens with two attached hydrogens (primary N) is 1. The van der Waals surface area contributed by atoms with Crippen LogP contribution in [-0.4, -0.2) is 285 Å². The fourth-order valence-corrected chi connectivity index (χ4v) is 13.6. The van der Waals surface area contributed by atoms with Gasteiger partial charge in [0.25, 0.3) is 0 Å². The van der Waals surface area contributed by atoms with Gasteiger partial charge in [-0.05, 0) is 157 Å². The Kier molecular flexibility index (Phi) is 66.8. The molecule has 0 saturated heterocycles. The molecule has 5 amide bonds. The molecule has 131 heavy (non-hydrogen) atoms. The lowest BCUT2D eigenvalue weighted by Gasteiger charge is -2.20. The number of carboxylic acid groups (broad SMARTS) is 4. The van der Waals surface area contributed by atoms with Gasteiger partial charge in [-0.25, -0.2) is 14.4 Å². The highest BCUT2D eigenvalue weighted by Crippen LogP contribution is 2.22. The molecule has 0 saturated carbocycles. The van der Waals surface area contributed by atoms with Crippen LogP contribution in [0.3, 0.4) is 0 Å². The topological polar surface area (TPSA) is 540 Å². The lowest BCUT2D eigenvalue weighted by Crippen LogP contribution is -2.44. The number of nitrogens with one attached hydrogen (secondary N) is 6. The minimum Gasteiger partial charge on any atom is -0.494 e. The Balaban J connectivity index is 1.13. The Bertz CT molecular complexity index is 3710. The first-order valence-electron chi connectivity index (χ1n) is 46.4. The van der Waals surface area contributed by atoms with Gasteiger partial charge in [-0.3, -0.25) is 62.5 Å². The van der Waals surface area contributed by atoms with Crippen molar-refractivity contribution >= 4 is 94.3 Å². The van der Waals surface area contributed by atoms with E-state index in [4.69, 9.17) is 63.3 Å². The van der Waals surface area contributed by atoms with Gasteiger partial charge in [0.05, 0.1) is 115 Å². The second kappa shape index (κ2) is 75.8. The fraction of sp³-hybridized carbons (Fsp3) is 0.681. The van der Waals surface area contributed by atoms with E-state index in [1.165, 1.54) is 31.2 Å². The zero-order valence-corrected chi connectivity index (χ0v) is 76.7. The average molecular weight is 1850 g/mol. The van der Waals surface area contributed by atoms with Crippen molar-refractivity contribution in [2.75, 3.05) is 152 Å². The Morgan fingerprint density at radius 1 is 0.366 bits per heavy atom. The number of ether oxygens (including phenoxy) is 10. The highest BCUT2D eigenvalue weighted by Gasteiger charge is 2.27. The first kappa shape index (κ1) is 115. The summed E-state index contributed by atoms with van der Waals surface area (Å²) in [5.41, 5.74) is 7.58. The van der Waals surface area contributed by atoms with Gasteiger partial charge in [0, 0.05) is 116 Å². The SMILES string of the molecule is CC(=O)[C@@H](CCCCNC(=O)COCCOCCNC(=O)COCCOCCCC(=O)CC[C@@H](NC(=O)CCCCCCCCCOc1ccc(C(=O)O)cc1)C(=O)O)CCC(=O)[C@H](CCCCNC(=O)COCCOCCCC(=O)COCCOCCNC(=O)CC[C@H](CC(=O)CCCCCCCCCOc1ccc(C(=O)O)cc1)C(=O)O)NCC(=O)[C@@H](N)CC1=CN=CC1. The van der Waals surface area contributed by atoms with Crippen LogP contribution in [0.25, 0.3) is 0 Å². The third-order valence-electron chi connectivity index (χ3n) is 21.2. The molecule has 2 aromatic carbocycles. The molecular formula is C94H146N8O29. The van der Waals surface area contributed by atoms with Gasteiger partial charge < -0.3 is 105 Å². The summed E-state index contributed by atoms with van der Waals surface area (Å²) in [6, 6.07) is 9.89. The standard InChI is InChI=1S/C94H146N8O29/c1-70(103)72(22-14-16-43-97-88(111)68-129-61-57-125-53-47-100-90(113)69-128-60-54-122-48-20-24-76(104)34-39-83(94(120)121)102-87(110)27-13-9-5-3-7-11-19-51-131-80-37-30-74(31-38-80)92(116)117)32-40-84(107)82(101-65-85(108)81(95)62-71-42-45-96-64-71)26-15-17-44-98-89(112)67-127-59-55-123-49-21-25-78(106)66-126-58-56-124-52-46-99-86(109)41-33-75(93(118)119)63-77(105)23-12-8-4-2-6-10-18-50-130-79-35-28-73(29-36-79)91(114)115/h28-31,35-38,45,64,72,75,81-83,101H,2-27,32-34,39-44,46-63,65-69,95H2,1H3,(H,97,111)(H,98,112)(H,99,109)(H,100,113)(H,102,110)(H,114,115)(H,116,117)(H,118,119)(H,120,121)/t72-,75+,81-,82-,83+/m0/s1. The third kappa shape index (κ3) is 63.1. The number of Topliss-reactive ketones (excluding diaryl/α,β-unsaturated/α-hetero) is 6. The van der Waals surface area contributed by atoms with Crippen molar-refractivity contribution in [2.45, 2.75) is 250 Å². The van der Waals surface area contributed by atoms with E-state index in [0.717, 1.165) is 82.6 Å². The second-order valence-corrected chi connectivity index (χ2v) is 32.3. The van der Waals surface area contributed by atoms with Crippen LogP contribution in [0.2, 0.25) is 0 Å². The summed E-state index contributed by atoms with van der Waals surface area (Å²) in [5.74, 6) is -7.06. The summed E-state index contributed by atoms with van der Waals surface area (Å²) in [7, 11) is 0. The van der Waals surface area contributed by atoms with Crippen LogP contribution in [0.4, 0.5) is 0 Å². The van der Waals surface area contributed by atoms with Crippen molar-refractivity contribution in [1.82, 2.24) is 31.9 Å². The summed E-state index contributed by atoms with van der Waals surface area (Å²) >= 11 is 0. The normalized spacial score (nSPS) is 12.8. The smallest absolute Gasteiger partial charge is 0.335 e. The largest absolute Gasteiger partial charge is 0.494 e. The van der Waals surface area contributed by atoms with Crippen molar-refractivity contribution in [3.05, 3.63) is 71.4 Å². The summed E-state index contributed by atoms with van der Waals surface area (Å²) < 4.78 is 55.0. The van der Waals surface area contributed by atoms with E-state index in [-0.39, 0.29) is 258 Å². The van der Waals surface area contributed by atoms with E-state index < -0.39 is 53.8 Å².